The summed E-state index contributed by atoms with van der Waals surface area (Å²) in [5.41, 5.74) is 2.34. The van der Waals surface area contributed by atoms with Crippen LogP contribution in [0.5, 0.6) is 0 Å². The molecule has 0 aliphatic heterocycles. The summed E-state index contributed by atoms with van der Waals surface area (Å²) in [5.74, 6) is 0.680. The van der Waals surface area contributed by atoms with Crippen molar-refractivity contribution >= 4 is 11.0 Å². The van der Waals surface area contributed by atoms with Gasteiger partial charge in [0.15, 0.2) is 0 Å². The lowest BCUT2D eigenvalue weighted by Gasteiger charge is -2.10. The van der Waals surface area contributed by atoms with Gasteiger partial charge in [-0.2, -0.15) is 13.2 Å². The Morgan fingerprint density at radius 1 is 1.12 bits per heavy atom. The topological polar surface area (TPSA) is 27.1 Å². The Morgan fingerprint density at radius 2 is 1.92 bits per heavy atom. The second-order valence-electron chi connectivity index (χ2n) is 6.21. The van der Waals surface area contributed by atoms with Gasteiger partial charge in [0, 0.05) is 25.3 Å². The molecule has 1 aromatic heterocycles. The van der Waals surface area contributed by atoms with Gasteiger partial charge in [0.2, 0.25) is 0 Å². The molecule has 0 N–H and O–H groups in total. The number of halogens is 3. The Kier molecular flexibility index (Phi) is 5.32. The van der Waals surface area contributed by atoms with E-state index in [9.17, 15) is 13.2 Å². The van der Waals surface area contributed by atoms with Crippen LogP contribution < -0.4 is 0 Å². The molecular formula is C20H21F3N2O. The summed E-state index contributed by atoms with van der Waals surface area (Å²) in [6.07, 6.45) is -3.62. The number of hydrogen-bond acceptors (Lipinski definition) is 2. The second kappa shape index (κ2) is 7.50. The molecule has 0 saturated carbocycles. The van der Waals surface area contributed by atoms with Crippen LogP contribution >= 0.6 is 0 Å². The number of aromatic nitrogens is 2. The van der Waals surface area contributed by atoms with E-state index in [4.69, 9.17) is 4.74 Å². The second-order valence-corrected chi connectivity index (χ2v) is 6.21. The van der Waals surface area contributed by atoms with Crippen LogP contribution in [0.25, 0.3) is 22.4 Å². The van der Waals surface area contributed by atoms with Crippen LogP contribution in [0.2, 0.25) is 0 Å². The highest BCUT2D eigenvalue weighted by molar-refractivity contribution is 5.81. The van der Waals surface area contributed by atoms with Crippen molar-refractivity contribution in [3.63, 3.8) is 0 Å². The molecular weight excluding hydrogens is 341 g/mol. The van der Waals surface area contributed by atoms with Crippen LogP contribution in [0, 0.1) is 6.92 Å². The molecule has 0 aliphatic carbocycles. The molecule has 0 aliphatic rings. The molecule has 0 fully saturated rings. The number of fused-ring (bicyclic) bond motifs is 1. The number of ether oxygens (including phenoxy) is 1. The number of aryl methyl sites for hydroxylation is 2. The molecule has 3 nitrogen and oxygen atoms in total. The van der Waals surface area contributed by atoms with Crippen molar-refractivity contribution < 1.29 is 17.9 Å². The van der Waals surface area contributed by atoms with Crippen molar-refractivity contribution in [2.45, 2.75) is 33.0 Å². The predicted octanol–water partition coefficient (Wildman–Crippen LogP) is 5.46. The minimum atomic E-state index is -4.38. The van der Waals surface area contributed by atoms with E-state index in [1.807, 2.05) is 42.7 Å². The SMILES string of the molecule is CCOCCCn1c(-c2cccc(C)c2)nc2cc(C(F)(F)F)ccc21. The van der Waals surface area contributed by atoms with E-state index in [1.165, 1.54) is 6.07 Å². The fourth-order valence-corrected chi connectivity index (χ4v) is 3.01. The summed E-state index contributed by atoms with van der Waals surface area (Å²) in [6.45, 7) is 5.79. The summed E-state index contributed by atoms with van der Waals surface area (Å²) in [7, 11) is 0. The van der Waals surface area contributed by atoms with Crippen LogP contribution in [-0.4, -0.2) is 22.8 Å². The van der Waals surface area contributed by atoms with Crippen molar-refractivity contribution in [2.24, 2.45) is 0 Å². The maximum Gasteiger partial charge on any atom is 0.416 e. The van der Waals surface area contributed by atoms with Crippen LogP contribution in [-0.2, 0) is 17.5 Å². The van der Waals surface area contributed by atoms with Gasteiger partial charge in [0.25, 0.3) is 0 Å². The van der Waals surface area contributed by atoms with E-state index in [1.54, 1.807) is 0 Å². The zero-order chi connectivity index (χ0) is 18.7. The summed E-state index contributed by atoms with van der Waals surface area (Å²) >= 11 is 0. The third-order valence-electron chi connectivity index (χ3n) is 4.23. The molecule has 0 bridgehead atoms. The average Bonchev–Trinajstić information content (AvgIpc) is 2.96. The van der Waals surface area contributed by atoms with Crippen LogP contribution in [0.15, 0.2) is 42.5 Å². The summed E-state index contributed by atoms with van der Waals surface area (Å²) < 4.78 is 46.5. The quantitative estimate of drug-likeness (QED) is 0.545. The van der Waals surface area contributed by atoms with Crippen LogP contribution in [0.1, 0.15) is 24.5 Å². The first kappa shape index (κ1) is 18.5. The Morgan fingerprint density at radius 3 is 2.62 bits per heavy atom. The largest absolute Gasteiger partial charge is 0.416 e. The van der Waals surface area contributed by atoms with Gasteiger partial charge in [0.05, 0.1) is 16.6 Å². The van der Waals surface area contributed by atoms with Crippen molar-refractivity contribution in [1.29, 1.82) is 0 Å². The molecule has 2 aromatic carbocycles. The van der Waals surface area contributed by atoms with Gasteiger partial charge in [-0.15, -0.1) is 0 Å². The molecule has 1 heterocycles. The predicted molar refractivity (Wildman–Crippen MR) is 96.0 cm³/mol. The van der Waals surface area contributed by atoms with E-state index in [0.29, 0.717) is 36.6 Å². The first-order valence-corrected chi connectivity index (χ1v) is 8.62. The van der Waals surface area contributed by atoms with Gasteiger partial charge in [-0.1, -0.05) is 23.8 Å². The number of rotatable bonds is 6. The molecule has 3 aromatic rings. The Balaban J connectivity index is 2.08. The number of imidazole rings is 1. The van der Waals surface area contributed by atoms with Crippen molar-refractivity contribution in [3.8, 4) is 11.4 Å². The lowest BCUT2D eigenvalue weighted by atomic mass is 10.1. The first-order chi connectivity index (χ1) is 12.4. The molecule has 6 heteroatoms. The number of alkyl halides is 3. The highest BCUT2D eigenvalue weighted by Crippen LogP contribution is 2.33. The van der Waals surface area contributed by atoms with Gasteiger partial charge in [0.1, 0.15) is 5.82 Å². The van der Waals surface area contributed by atoms with Crippen molar-refractivity contribution in [1.82, 2.24) is 9.55 Å². The highest BCUT2D eigenvalue weighted by atomic mass is 19.4. The van der Waals surface area contributed by atoms with Gasteiger partial charge < -0.3 is 9.30 Å². The minimum Gasteiger partial charge on any atom is -0.382 e. The van der Waals surface area contributed by atoms with Gasteiger partial charge >= 0.3 is 6.18 Å². The average molecular weight is 362 g/mol. The zero-order valence-electron chi connectivity index (χ0n) is 14.8. The summed E-state index contributed by atoms with van der Waals surface area (Å²) in [6, 6.07) is 11.6. The first-order valence-electron chi connectivity index (χ1n) is 8.62. The fraction of sp³-hybridized carbons (Fsp3) is 0.350. The normalized spacial score (nSPS) is 12.0. The van der Waals surface area contributed by atoms with Gasteiger partial charge in [-0.3, -0.25) is 0 Å². The minimum absolute atomic E-state index is 0.354. The molecule has 26 heavy (non-hydrogen) atoms. The van der Waals surface area contributed by atoms with E-state index in [2.05, 4.69) is 4.98 Å². The highest BCUT2D eigenvalue weighted by Gasteiger charge is 2.31. The molecule has 0 amide bonds. The molecule has 0 atom stereocenters. The summed E-state index contributed by atoms with van der Waals surface area (Å²) in [5, 5.41) is 0. The summed E-state index contributed by atoms with van der Waals surface area (Å²) in [4.78, 5) is 4.52. The van der Waals surface area contributed by atoms with E-state index in [-0.39, 0.29) is 0 Å². The molecule has 0 saturated heterocycles. The monoisotopic (exact) mass is 362 g/mol. The Hall–Kier alpha value is -2.34. The maximum atomic E-state index is 13.0. The van der Waals surface area contributed by atoms with Gasteiger partial charge in [-0.05, 0) is 44.5 Å². The van der Waals surface area contributed by atoms with E-state index < -0.39 is 11.7 Å². The fourth-order valence-electron chi connectivity index (χ4n) is 3.01. The molecule has 138 valence electrons. The van der Waals surface area contributed by atoms with Crippen molar-refractivity contribution in [3.05, 3.63) is 53.6 Å². The smallest absolute Gasteiger partial charge is 0.382 e. The third-order valence-corrected chi connectivity index (χ3v) is 4.23. The molecule has 0 unspecified atom stereocenters. The number of nitrogens with zero attached hydrogens (tertiary/aromatic N) is 2. The third kappa shape index (κ3) is 3.90. The Labute approximate surface area is 150 Å². The van der Waals surface area contributed by atoms with Crippen molar-refractivity contribution in [2.75, 3.05) is 13.2 Å². The standard InChI is InChI=1S/C20H21F3N2O/c1-3-26-11-5-10-25-18-9-8-16(20(21,22)23)13-17(18)24-19(25)15-7-4-6-14(2)12-15/h4,6-9,12-13H,3,5,10-11H2,1-2H3. The van der Waals surface area contributed by atoms with Crippen LogP contribution in [0.3, 0.4) is 0 Å². The lowest BCUT2D eigenvalue weighted by Crippen LogP contribution is -2.06. The number of hydrogen-bond donors (Lipinski definition) is 0. The Bertz CT molecular complexity index is 900. The number of benzene rings is 2. The zero-order valence-corrected chi connectivity index (χ0v) is 14.8. The van der Waals surface area contributed by atoms with Crippen LogP contribution in [0.4, 0.5) is 13.2 Å². The maximum absolute atomic E-state index is 13.0. The molecule has 3 rings (SSSR count). The van der Waals surface area contributed by atoms with E-state index >= 15 is 0 Å². The van der Waals surface area contributed by atoms with E-state index in [0.717, 1.165) is 29.7 Å². The lowest BCUT2D eigenvalue weighted by molar-refractivity contribution is -0.137. The molecule has 0 radical (unpaired) electrons. The van der Waals surface area contributed by atoms with Gasteiger partial charge in [-0.25, -0.2) is 4.98 Å². The molecule has 0 spiro atoms.